The standard InChI is InChI=1S/C47H61N5O9/c48-47-50-38(23-39(51-47)46(61)40(58)25-56)37(22-42(59)60)45(52-41-4-1-16-49-41)34-14-13-32-33-12-9-28(8-11-31(57)10-6-27(24-55)3-2-17-53)43(44(33)34)36-21-30-19-26(15-18-54)5-7-29(30)20-35(32)36/h1,4-5,7,9,12,16,18-22,24,27-28,31-34,38-40,43-46,49,52-53,56-58,61H,2-3,6,8,10-11,13-15,17,23,25H2,(H,59,60)(H3,48,50,51)/b37-22+/t27-,28-,31-,32+,33+,34+,38+,39-,40-,43-,44+,45-,46+/m1/s1. The van der Waals surface area contributed by atoms with Gasteiger partial charge in [-0.05, 0) is 138 Å². The topological polar surface area (TPSA) is 251 Å². The summed E-state index contributed by atoms with van der Waals surface area (Å²) in [6, 6.07) is 12.4. The molecule has 2 aromatic carbocycles. The second kappa shape index (κ2) is 19.9. The number of carbonyl (C=O) groups excluding carboxylic acids is 2. The predicted molar refractivity (Wildman–Crippen MR) is 232 cm³/mol. The lowest BCUT2D eigenvalue weighted by Gasteiger charge is -2.57. The molecule has 328 valence electrons. The summed E-state index contributed by atoms with van der Waals surface area (Å²) in [7, 11) is 0. The Morgan fingerprint density at radius 1 is 0.984 bits per heavy atom. The molecule has 0 radical (unpaired) electrons. The molecule has 1 aromatic heterocycles. The first-order valence-electron chi connectivity index (χ1n) is 21.9. The third kappa shape index (κ3) is 9.79. The number of aliphatic hydroxyl groups excluding tert-OH is 5. The summed E-state index contributed by atoms with van der Waals surface area (Å²) >= 11 is 0. The Hall–Kier alpha value is -4.86. The van der Waals surface area contributed by atoms with E-state index in [1.54, 1.807) is 6.20 Å². The van der Waals surface area contributed by atoms with Crippen LogP contribution in [0.4, 0.5) is 5.82 Å². The predicted octanol–water partition coefficient (Wildman–Crippen LogP) is 3.68. The van der Waals surface area contributed by atoms with Crippen molar-refractivity contribution in [3.05, 3.63) is 89.2 Å². The molecule has 0 unspecified atom stereocenters. The number of H-pyrrole nitrogens is 1. The molecule has 4 aliphatic rings. The minimum atomic E-state index is -1.45. The lowest BCUT2D eigenvalue weighted by atomic mass is 9.48. The van der Waals surface area contributed by atoms with Gasteiger partial charge in [-0.1, -0.05) is 42.5 Å². The van der Waals surface area contributed by atoms with Crippen LogP contribution in [0.2, 0.25) is 0 Å². The third-order valence-corrected chi connectivity index (χ3v) is 14.0. The average Bonchev–Trinajstić information content (AvgIpc) is 3.78. The van der Waals surface area contributed by atoms with Crippen LogP contribution in [0.3, 0.4) is 0 Å². The van der Waals surface area contributed by atoms with Crippen molar-refractivity contribution in [2.24, 2.45) is 40.3 Å². The lowest BCUT2D eigenvalue weighted by Crippen LogP contribution is -2.57. The highest BCUT2D eigenvalue weighted by molar-refractivity contribution is 5.86. The number of allylic oxidation sites excluding steroid dienone is 2. The number of rotatable bonds is 21. The quantitative estimate of drug-likeness (QED) is 0.0419. The zero-order valence-corrected chi connectivity index (χ0v) is 34.4. The minimum absolute atomic E-state index is 0.0113. The zero-order valence-electron chi connectivity index (χ0n) is 34.4. The van der Waals surface area contributed by atoms with E-state index in [1.165, 1.54) is 17.2 Å². The molecule has 14 nitrogen and oxygen atoms in total. The molecule has 2 heterocycles. The van der Waals surface area contributed by atoms with Crippen molar-refractivity contribution in [1.82, 2.24) is 10.3 Å². The zero-order chi connectivity index (χ0) is 43.2. The molecule has 3 aromatic rings. The first-order chi connectivity index (χ1) is 29.5. The van der Waals surface area contributed by atoms with Crippen molar-refractivity contribution < 1.29 is 45.0 Å². The highest BCUT2D eigenvalue weighted by atomic mass is 16.4. The van der Waals surface area contributed by atoms with Crippen LogP contribution in [0.5, 0.6) is 0 Å². The molecule has 0 amide bonds. The Labute approximate surface area is 356 Å². The molecular formula is C47H61N5O9. The van der Waals surface area contributed by atoms with E-state index < -0.39 is 49.0 Å². The van der Waals surface area contributed by atoms with Crippen molar-refractivity contribution in [2.45, 2.75) is 112 Å². The van der Waals surface area contributed by atoms with Gasteiger partial charge in [0.05, 0.1) is 30.8 Å². The molecule has 1 aliphatic heterocycles. The van der Waals surface area contributed by atoms with Crippen LogP contribution in [-0.4, -0.2) is 110 Å². The van der Waals surface area contributed by atoms with Crippen LogP contribution in [0, 0.1) is 29.6 Å². The number of guanidine groups is 1. The maximum atomic E-state index is 12.8. The Morgan fingerprint density at radius 3 is 2.52 bits per heavy atom. The van der Waals surface area contributed by atoms with Gasteiger partial charge in [0, 0.05) is 31.2 Å². The van der Waals surface area contributed by atoms with Gasteiger partial charge in [-0.2, -0.15) is 0 Å². The summed E-state index contributed by atoms with van der Waals surface area (Å²) in [5.74, 6) is -0.450. The number of aromatic amines is 1. The number of aldehydes is 2. The number of carbonyl (C=O) groups is 3. The van der Waals surface area contributed by atoms with Crippen molar-refractivity contribution >= 4 is 41.1 Å². The van der Waals surface area contributed by atoms with Crippen LogP contribution in [0.1, 0.15) is 86.3 Å². The summed E-state index contributed by atoms with van der Waals surface area (Å²) in [4.78, 5) is 44.0. The van der Waals surface area contributed by atoms with Gasteiger partial charge in [0.25, 0.3) is 0 Å². The number of carboxylic acids is 1. The number of nitrogens with one attached hydrogen (secondary N) is 3. The monoisotopic (exact) mass is 839 g/mol. The Balaban J connectivity index is 1.29. The molecular weight excluding hydrogens is 779 g/mol. The van der Waals surface area contributed by atoms with Crippen LogP contribution in [0.15, 0.2) is 77.5 Å². The highest BCUT2D eigenvalue weighted by Crippen LogP contribution is 2.62. The van der Waals surface area contributed by atoms with E-state index in [0.717, 1.165) is 41.7 Å². The van der Waals surface area contributed by atoms with Crippen molar-refractivity contribution in [3.63, 3.8) is 0 Å². The SMILES string of the molecule is NC1=N[C@H](/C(=C\C(=O)O)[C@H](Nc2ccc[nH]2)[C@H]2CC[C@@H]3c4cc5ccc(CC=O)cc5cc4[C@@H]4[C@H]2[C@H]3C=C[C@H]4CC[C@H](O)CC[C@H](C=O)CCCO)C[C@H]([C@H](O)[C@H](O)CO)N1. The summed E-state index contributed by atoms with van der Waals surface area (Å²) in [5.41, 5.74) is 10.3. The van der Waals surface area contributed by atoms with Crippen LogP contribution in [-0.2, 0) is 20.8 Å². The van der Waals surface area contributed by atoms with Gasteiger partial charge in [-0.15, -0.1) is 0 Å². The maximum Gasteiger partial charge on any atom is 0.328 e. The number of nitrogens with zero attached hydrogens (tertiary/aromatic N) is 1. The number of hydrogen-bond acceptors (Lipinski definition) is 12. The second-order valence-electron chi connectivity index (χ2n) is 17.6. The van der Waals surface area contributed by atoms with Crippen molar-refractivity contribution in [3.8, 4) is 0 Å². The van der Waals surface area contributed by atoms with E-state index in [9.17, 15) is 45.0 Å². The molecule has 11 N–H and O–H groups in total. The van der Waals surface area contributed by atoms with Gasteiger partial charge in [-0.25, -0.2) is 9.79 Å². The number of aromatic nitrogens is 1. The van der Waals surface area contributed by atoms with Gasteiger partial charge in [0.15, 0.2) is 5.96 Å². The first kappa shape index (κ1) is 44.2. The minimum Gasteiger partial charge on any atom is -0.478 e. The Bertz CT molecular complexity index is 2090. The second-order valence-corrected chi connectivity index (χ2v) is 17.6. The number of anilines is 1. The molecule has 61 heavy (non-hydrogen) atoms. The number of benzene rings is 2. The van der Waals surface area contributed by atoms with Crippen LogP contribution in [0.25, 0.3) is 10.8 Å². The van der Waals surface area contributed by atoms with E-state index in [-0.39, 0.29) is 60.4 Å². The number of nitrogens with two attached hydrogens (primary N) is 1. The van der Waals surface area contributed by atoms with Crippen molar-refractivity contribution in [2.75, 3.05) is 18.5 Å². The van der Waals surface area contributed by atoms with E-state index in [4.69, 9.17) is 10.7 Å². The molecule has 1 saturated carbocycles. The number of aliphatic hydroxyl groups is 5. The number of aliphatic carboxylic acids is 1. The van der Waals surface area contributed by atoms with E-state index >= 15 is 0 Å². The molecule has 0 spiro atoms. The summed E-state index contributed by atoms with van der Waals surface area (Å²) in [5, 5.41) is 70.9. The van der Waals surface area contributed by atoms with Crippen LogP contribution < -0.4 is 16.4 Å². The molecule has 1 fully saturated rings. The first-order valence-corrected chi connectivity index (χ1v) is 21.9. The van der Waals surface area contributed by atoms with Gasteiger partial charge >= 0.3 is 5.97 Å². The normalized spacial score (nSPS) is 28.1. The lowest BCUT2D eigenvalue weighted by molar-refractivity contribution is -0.131. The number of carboxylic acid groups (broad SMARTS) is 1. The van der Waals surface area contributed by atoms with Crippen LogP contribution >= 0.6 is 0 Å². The fourth-order valence-corrected chi connectivity index (χ4v) is 11.1. The molecule has 3 aliphatic carbocycles. The highest BCUT2D eigenvalue weighted by Gasteiger charge is 2.54. The van der Waals surface area contributed by atoms with E-state index in [2.05, 4.69) is 52.0 Å². The molecule has 7 rings (SSSR count). The molecule has 13 atom stereocenters. The molecule has 4 bridgehead atoms. The summed E-state index contributed by atoms with van der Waals surface area (Å²) in [6.07, 6.45) is 11.4. The summed E-state index contributed by atoms with van der Waals surface area (Å²) in [6.45, 7) is -0.650. The van der Waals surface area contributed by atoms with Gasteiger partial charge in [-0.3, -0.25) is 0 Å². The summed E-state index contributed by atoms with van der Waals surface area (Å²) < 4.78 is 0. The van der Waals surface area contributed by atoms with E-state index in [1.807, 2.05) is 18.2 Å². The smallest absolute Gasteiger partial charge is 0.328 e. The fourth-order valence-electron chi connectivity index (χ4n) is 11.1. The fraction of sp³-hybridized carbons (Fsp3) is 0.532. The maximum absolute atomic E-state index is 12.8. The number of aliphatic imine (C=N–C) groups is 1. The van der Waals surface area contributed by atoms with Gasteiger partial charge in [0.1, 0.15) is 30.6 Å². The average molecular weight is 840 g/mol. The third-order valence-electron chi connectivity index (χ3n) is 14.0. The van der Waals surface area contributed by atoms with Gasteiger partial charge < -0.3 is 61.6 Å². The number of hydrogen-bond donors (Lipinski definition) is 10. The Morgan fingerprint density at radius 2 is 1.80 bits per heavy atom. The van der Waals surface area contributed by atoms with Gasteiger partial charge in [0.2, 0.25) is 0 Å². The van der Waals surface area contributed by atoms with Crippen molar-refractivity contribution in [1.29, 1.82) is 0 Å². The van der Waals surface area contributed by atoms with E-state index in [0.29, 0.717) is 56.3 Å². The molecule has 14 heteroatoms. The Kier molecular flexibility index (Phi) is 14.4. The molecule has 0 saturated heterocycles. The largest absolute Gasteiger partial charge is 0.478 e. The number of fused-ring (bicyclic) bond motifs is 4.